The maximum atomic E-state index is 5.33. The van der Waals surface area contributed by atoms with E-state index in [2.05, 4.69) is 23.2 Å². The van der Waals surface area contributed by atoms with Gasteiger partial charge in [-0.2, -0.15) is 0 Å². The molecule has 1 aromatic rings. The second kappa shape index (κ2) is 4.29. The number of hydrogen-bond acceptors (Lipinski definition) is 3. The van der Waals surface area contributed by atoms with E-state index in [1.807, 2.05) is 18.9 Å². The van der Waals surface area contributed by atoms with Crippen LogP contribution in [-0.2, 0) is 6.42 Å². The van der Waals surface area contributed by atoms with Crippen LogP contribution in [0.15, 0.2) is 5.38 Å². The van der Waals surface area contributed by atoms with Crippen molar-refractivity contribution in [1.82, 2.24) is 4.98 Å². The Balaban J connectivity index is 2.78. The van der Waals surface area contributed by atoms with Gasteiger partial charge in [0.25, 0.3) is 0 Å². The number of nitrogens with zero attached hydrogens (tertiary/aromatic N) is 2. The standard InChI is InChI=1S/C10H14N2S/c1-5-8(3)12(4)10-11-9(6-2)7-13-10/h1,7-8H,6H2,2-4H3. The summed E-state index contributed by atoms with van der Waals surface area (Å²) in [6.07, 6.45) is 6.32. The van der Waals surface area contributed by atoms with Gasteiger partial charge in [-0.25, -0.2) is 4.98 Å². The van der Waals surface area contributed by atoms with Crippen LogP contribution < -0.4 is 4.90 Å². The fourth-order valence-corrected chi connectivity index (χ4v) is 1.85. The predicted molar refractivity (Wildman–Crippen MR) is 58.2 cm³/mol. The Morgan fingerprint density at radius 1 is 1.77 bits per heavy atom. The van der Waals surface area contributed by atoms with Crippen LogP contribution in [0.4, 0.5) is 5.13 Å². The van der Waals surface area contributed by atoms with Crippen molar-refractivity contribution in [2.24, 2.45) is 0 Å². The summed E-state index contributed by atoms with van der Waals surface area (Å²) in [4.78, 5) is 6.46. The highest BCUT2D eigenvalue weighted by Crippen LogP contribution is 2.20. The van der Waals surface area contributed by atoms with E-state index in [1.54, 1.807) is 11.3 Å². The molecule has 0 aromatic carbocycles. The van der Waals surface area contributed by atoms with Gasteiger partial charge in [0.15, 0.2) is 5.13 Å². The number of hydrogen-bond donors (Lipinski definition) is 0. The molecular formula is C10H14N2S. The van der Waals surface area contributed by atoms with Crippen LogP contribution in [-0.4, -0.2) is 18.1 Å². The summed E-state index contributed by atoms with van der Waals surface area (Å²) in [6.45, 7) is 4.09. The Bertz CT molecular complexity index is 311. The van der Waals surface area contributed by atoms with Gasteiger partial charge in [0.1, 0.15) is 0 Å². The molecule has 1 unspecified atom stereocenters. The van der Waals surface area contributed by atoms with Gasteiger partial charge >= 0.3 is 0 Å². The molecular weight excluding hydrogens is 180 g/mol. The van der Waals surface area contributed by atoms with Crippen molar-refractivity contribution in [2.75, 3.05) is 11.9 Å². The van der Waals surface area contributed by atoms with E-state index >= 15 is 0 Å². The highest BCUT2D eigenvalue weighted by Gasteiger charge is 2.10. The number of aryl methyl sites for hydroxylation is 1. The molecule has 0 radical (unpaired) electrons. The lowest BCUT2D eigenvalue weighted by atomic mass is 10.3. The Morgan fingerprint density at radius 2 is 2.46 bits per heavy atom. The molecule has 0 saturated carbocycles. The molecule has 70 valence electrons. The van der Waals surface area contributed by atoms with E-state index in [4.69, 9.17) is 6.42 Å². The van der Waals surface area contributed by atoms with Crippen LogP contribution in [0, 0.1) is 12.3 Å². The molecule has 0 amide bonds. The molecule has 0 bridgehead atoms. The maximum Gasteiger partial charge on any atom is 0.186 e. The van der Waals surface area contributed by atoms with Crippen molar-refractivity contribution in [3.05, 3.63) is 11.1 Å². The van der Waals surface area contributed by atoms with Gasteiger partial charge in [0, 0.05) is 12.4 Å². The molecule has 1 aromatic heterocycles. The lowest BCUT2D eigenvalue weighted by Crippen LogP contribution is -2.26. The van der Waals surface area contributed by atoms with Crippen molar-refractivity contribution >= 4 is 16.5 Å². The number of rotatable bonds is 3. The number of aromatic nitrogens is 1. The van der Waals surface area contributed by atoms with E-state index in [0.29, 0.717) is 0 Å². The van der Waals surface area contributed by atoms with E-state index in [-0.39, 0.29) is 6.04 Å². The number of terminal acetylenes is 1. The summed E-state index contributed by atoms with van der Waals surface area (Å²) in [6, 6.07) is 0.107. The zero-order valence-electron chi connectivity index (χ0n) is 8.24. The zero-order valence-corrected chi connectivity index (χ0v) is 9.06. The van der Waals surface area contributed by atoms with Crippen molar-refractivity contribution in [1.29, 1.82) is 0 Å². The highest BCUT2D eigenvalue weighted by atomic mass is 32.1. The van der Waals surface area contributed by atoms with Crippen LogP contribution in [0.25, 0.3) is 0 Å². The quantitative estimate of drug-likeness (QED) is 0.685. The second-order valence-corrected chi connectivity index (χ2v) is 3.77. The van der Waals surface area contributed by atoms with Crippen molar-refractivity contribution in [3.63, 3.8) is 0 Å². The summed E-state index contributed by atoms with van der Waals surface area (Å²) < 4.78 is 0. The molecule has 13 heavy (non-hydrogen) atoms. The molecule has 3 heteroatoms. The lowest BCUT2D eigenvalue weighted by Gasteiger charge is -2.18. The summed E-state index contributed by atoms with van der Waals surface area (Å²) in [5.74, 6) is 2.68. The molecule has 1 heterocycles. The largest absolute Gasteiger partial charge is 0.338 e. The topological polar surface area (TPSA) is 16.1 Å². The summed E-state index contributed by atoms with van der Waals surface area (Å²) in [7, 11) is 1.98. The third-order valence-corrected chi connectivity index (χ3v) is 3.01. The highest BCUT2D eigenvalue weighted by molar-refractivity contribution is 7.13. The molecule has 0 aliphatic rings. The van der Waals surface area contributed by atoms with E-state index in [0.717, 1.165) is 17.2 Å². The zero-order chi connectivity index (χ0) is 9.84. The van der Waals surface area contributed by atoms with Gasteiger partial charge in [-0.3, -0.25) is 0 Å². The van der Waals surface area contributed by atoms with E-state index < -0.39 is 0 Å². The average Bonchev–Trinajstić information content (AvgIpc) is 2.63. The SMILES string of the molecule is C#CC(C)N(C)c1nc(CC)cs1. The maximum absolute atomic E-state index is 5.33. The van der Waals surface area contributed by atoms with Crippen LogP contribution in [0.1, 0.15) is 19.5 Å². The Hall–Kier alpha value is -1.01. The van der Waals surface area contributed by atoms with Crippen LogP contribution in [0.2, 0.25) is 0 Å². The number of anilines is 1. The molecule has 0 aliphatic heterocycles. The van der Waals surface area contributed by atoms with E-state index in [9.17, 15) is 0 Å². The van der Waals surface area contributed by atoms with Crippen molar-refractivity contribution in [3.8, 4) is 12.3 Å². The van der Waals surface area contributed by atoms with Crippen LogP contribution in [0.5, 0.6) is 0 Å². The molecule has 1 rings (SSSR count). The molecule has 2 nitrogen and oxygen atoms in total. The van der Waals surface area contributed by atoms with E-state index in [1.165, 1.54) is 0 Å². The summed E-state index contributed by atoms with van der Waals surface area (Å²) in [5, 5.41) is 3.08. The number of thiazole rings is 1. The molecule has 0 spiro atoms. The van der Waals surface area contributed by atoms with Gasteiger partial charge in [0.2, 0.25) is 0 Å². The normalized spacial score (nSPS) is 12.2. The van der Waals surface area contributed by atoms with Crippen molar-refractivity contribution < 1.29 is 0 Å². The fourth-order valence-electron chi connectivity index (χ4n) is 0.898. The predicted octanol–water partition coefficient (Wildman–Crippen LogP) is 2.16. The van der Waals surface area contributed by atoms with Crippen molar-refractivity contribution in [2.45, 2.75) is 26.3 Å². The monoisotopic (exact) mass is 194 g/mol. The summed E-state index contributed by atoms with van der Waals surface area (Å²) in [5.41, 5.74) is 1.14. The minimum absolute atomic E-state index is 0.107. The van der Waals surface area contributed by atoms with Gasteiger partial charge < -0.3 is 4.90 Å². The van der Waals surface area contributed by atoms with Gasteiger partial charge in [-0.05, 0) is 13.3 Å². The smallest absolute Gasteiger partial charge is 0.186 e. The fraction of sp³-hybridized carbons (Fsp3) is 0.500. The lowest BCUT2D eigenvalue weighted by molar-refractivity contribution is 0.837. The first-order valence-electron chi connectivity index (χ1n) is 4.32. The third-order valence-electron chi connectivity index (χ3n) is 2.03. The van der Waals surface area contributed by atoms with Crippen LogP contribution >= 0.6 is 11.3 Å². The first-order valence-corrected chi connectivity index (χ1v) is 5.20. The Labute approximate surface area is 83.6 Å². The Kier molecular flexibility index (Phi) is 3.32. The molecule has 1 atom stereocenters. The minimum atomic E-state index is 0.107. The first-order chi connectivity index (χ1) is 6.19. The van der Waals surface area contributed by atoms with Crippen LogP contribution in [0.3, 0.4) is 0 Å². The molecule has 0 saturated heterocycles. The Morgan fingerprint density at radius 3 is 2.92 bits per heavy atom. The average molecular weight is 194 g/mol. The van der Waals surface area contributed by atoms with Gasteiger partial charge in [-0.1, -0.05) is 12.8 Å². The first kappa shape index (κ1) is 10.1. The third kappa shape index (κ3) is 2.22. The minimum Gasteiger partial charge on any atom is -0.338 e. The van der Waals surface area contributed by atoms with Gasteiger partial charge in [-0.15, -0.1) is 17.8 Å². The molecule has 0 fully saturated rings. The second-order valence-electron chi connectivity index (χ2n) is 2.93. The van der Waals surface area contributed by atoms with Gasteiger partial charge in [0.05, 0.1) is 11.7 Å². The molecule has 0 aliphatic carbocycles. The summed E-state index contributed by atoms with van der Waals surface area (Å²) >= 11 is 1.65. The molecule has 0 N–H and O–H groups in total.